The Morgan fingerprint density at radius 3 is 2.09 bits per heavy atom. The Bertz CT molecular complexity index is 109. The van der Waals surface area contributed by atoms with Gasteiger partial charge in [-0.05, 0) is 12.8 Å². The molecule has 0 aromatic rings. The second-order valence-corrected chi connectivity index (χ2v) is 3.55. The van der Waals surface area contributed by atoms with Crippen LogP contribution in [0.5, 0.6) is 0 Å². The monoisotopic (exact) mass is 179 g/mol. The minimum absolute atomic E-state index is 0. The molecule has 2 aliphatic rings. The minimum atomic E-state index is -0.491. The Morgan fingerprint density at radius 2 is 1.64 bits per heavy atom. The van der Waals surface area contributed by atoms with Crippen LogP contribution < -0.4 is 5.32 Å². The molecule has 1 heterocycles. The van der Waals surface area contributed by atoms with Gasteiger partial charge in [0.2, 0.25) is 0 Å². The topological polar surface area (TPSA) is 12.0 Å². The van der Waals surface area contributed by atoms with Gasteiger partial charge in [0.1, 0.15) is 6.17 Å². The molecule has 1 N–H and O–H groups in total. The summed E-state index contributed by atoms with van der Waals surface area (Å²) in [7, 11) is 0. The Kier molecular flexibility index (Phi) is 3.14. The van der Waals surface area contributed by atoms with E-state index in [1.807, 2.05) is 0 Å². The summed E-state index contributed by atoms with van der Waals surface area (Å²) in [4.78, 5) is 0. The van der Waals surface area contributed by atoms with Crippen molar-refractivity contribution in [2.24, 2.45) is 11.8 Å². The molecule has 0 aromatic heterocycles. The number of fused-ring (bicyclic) bond motifs is 2. The fourth-order valence-corrected chi connectivity index (χ4v) is 2.23. The lowest BCUT2D eigenvalue weighted by Crippen LogP contribution is -2.47. The van der Waals surface area contributed by atoms with E-state index in [1.165, 1.54) is 6.42 Å². The van der Waals surface area contributed by atoms with Gasteiger partial charge < -0.3 is 5.32 Å². The van der Waals surface area contributed by atoms with Gasteiger partial charge in [0.25, 0.3) is 0 Å². The van der Waals surface area contributed by atoms with Gasteiger partial charge in [-0.3, -0.25) is 0 Å². The largest absolute Gasteiger partial charge is 0.316 e. The summed E-state index contributed by atoms with van der Waals surface area (Å²) in [6.07, 6.45) is 2.96. The molecule has 2 atom stereocenters. The van der Waals surface area contributed by atoms with Crippen molar-refractivity contribution in [3.8, 4) is 0 Å². The molecule has 2 fully saturated rings. The number of halogens is 2. The van der Waals surface area contributed by atoms with E-state index >= 15 is 0 Å². The summed E-state index contributed by atoms with van der Waals surface area (Å²) in [5.74, 6) is 0.681. The molecule has 1 saturated heterocycles. The quantitative estimate of drug-likeness (QED) is 0.598. The first-order chi connectivity index (χ1) is 4.88. The third kappa shape index (κ3) is 1.67. The first kappa shape index (κ1) is 9.27. The average Bonchev–Trinajstić information content (AvgIpc) is 1.86. The third-order valence-corrected chi connectivity index (χ3v) is 2.86. The number of nitrogens with one attached hydrogen (secondary N) is 1. The predicted octanol–water partition coefficient (Wildman–Crippen LogP) is 1.77. The highest BCUT2D eigenvalue weighted by Crippen LogP contribution is 2.33. The van der Waals surface area contributed by atoms with E-state index in [0.29, 0.717) is 11.8 Å². The molecule has 1 aliphatic carbocycles. The molecule has 2 rings (SSSR count). The molecule has 0 radical (unpaired) electrons. The average molecular weight is 180 g/mol. The third-order valence-electron chi connectivity index (χ3n) is 2.86. The SMILES string of the molecule is Cl.FC1C2CCCC1CNC2. The minimum Gasteiger partial charge on any atom is -0.316 e. The highest BCUT2D eigenvalue weighted by molar-refractivity contribution is 5.85. The smallest absolute Gasteiger partial charge is 0.108 e. The van der Waals surface area contributed by atoms with Crippen molar-refractivity contribution in [2.75, 3.05) is 13.1 Å². The molecule has 0 aromatic carbocycles. The molecule has 1 nitrogen and oxygen atoms in total. The van der Waals surface area contributed by atoms with Crippen LogP contribution in [0.4, 0.5) is 4.39 Å². The standard InChI is InChI=1S/C8H14FN.ClH/c9-8-6-2-1-3-7(8)5-10-4-6;/h6-8,10H,1-5H2;1H. The van der Waals surface area contributed by atoms with E-state index in [4.69, 9.17) is 0 Å². The van der Waals surface area contributed by atoms with Crippen LogP contribution in [-0.2, 0) is 0 Å². The van der Waals surface area contributed by atoms with E-state index in [-0.39, 0.29) is 12.4 Å². The first-order valence-electron chi connectivity index (χ1n) is 4.22. The summed E-state index contributed by atoms with van der Waals surface area (Å²) >= 11 is 0. The van der Waals surface area contributed by atoms with Gasteiger partial charge >= 0.3 is 0 Å². The highest BCUT2D eigenvalue weighted by Gasteiger charge is 2.35. The van der Waals surface area contributed by atoms with Crippen molar-refractivity contribution in [3.63, 3.8) is 0 Å². The number of piperidine rings is 1. The molecule has 0 spiro atoms. The van der Waals surface area contributed by atoms with Crippen LogP contribution in [0.15, 0.2) is 0 Å². The zero-order valence-electron chi connectivity index (χ0n) is 6.55. The van der Waals surface area contributed by atoms with Gasteiger partial charge in [-0.2, -0.15) is 0 Å². The molecule has 3 heteroatoms. The summed E-state index contributed by atoms with van der Waals surface area (Å²) in [6.45, 7) is 1.83. The molecule has 66 valence electrons. The molecular weight excluding hydrogens is 165 g/mol. The Morgan fingerprint density at radius 1 is 1.09 bits per heavy atom. The number of hydrogen-bond donors (Lipinski definition) is 1. The van der Waals surface area contributed by atoms with E-state index in [2.05, 4.69) is 5.32 Å². The van der Waals surface area contributed by atoms with Crippen molar-refractivity contribution >= 4 is 12.4 Å². The van der Waals surface area contributed by atoms with E-state index < -0.39 is 6.17 Å². The Balaban J connectivity index is 0.000000605. The van der Waals surface area contributed by atoms with Crippen LogP contribution in [0.1, 0.15) is 19.3 Å². The molecule has 11 heavy (non-hydrogen) atoms. The van der Waals surface area contributed by atoms with E-state index in [9.17, 15) is 4.39 Å². The lowest BCUT2D eigenvalue weighted by atomic mass is 9.77. The molecule has 1 saturated carbocycles. The van der Waals surface area contributed by atoms with Crippen molar-refractivity contribution in [2.45, 2.75) is 25.4 Å². The predicted molar refractivity (Wildman–Crippen MR) is 45.8 cm³/mol. The van der Waals surface area contributed by atoms with Gasteiger partial charge in [-0.1, -0.05) is 6.42 Å². The number of alkyl halides is 1. The van der Waals surface area contributed by atoms with Crippen LogP contribution in [0.25, 0.3) is 0 Å². The maximum Gasteiger partial charge on any atom is 0.108 e. The maximum atomic E-state index is 13.3. The summed E-state index contributed by atoms with van der Waals surface area (Å²) in [5.41, 5.74) is 0. The molecule has 1 aliphatic heterocycles. The van der Waals surface area contributed by atoms with Crippen LogP contribution in [-0.4, -0.2) is 19.3 Å². The van der Waals surface area contributed by atoms with E-state index in [0.717, 1.165) is 25.9 Å². The van der Waals surface area contributed by atoms with Crippen molar-refractivity contribution < 1.29 is 4.39 Å². The van der Waals surface area contributed by atoms with Gasteiger partial charge in [0.05, 0.1) is 0 Å². The summed E-state index contributed by atoms with van der Waals surface area (Å²) in [6, 6.07) is 0. The second-order valence-electron chi connectivity index (χ2n) is 3.55. The fourth-order valence-electron chi connectivity index (χ4n) is 2.23. The summed E-state index contributed by atoms with van der Waals surface area (Å²) in [5, 5.41) is 3.28. The van der Waals surface area contributed by atoms with Gasteiger partial charge in [0, 0.05) is 24.9 Å². The lowest BCUT2D eigenvalue weighted by Gasteiger charge is -2.38. The summed E-state index contributed by atoms with van der Waals surface area (Å²) < 4.78 is 13.3. The lowest BCUT2D eigenvalue weighted by molar-refractivity contribution is 0.0673. The van der Waals surface area contributed by atoms with Gasteiger partial charge in [-0.25, -0.2) is 4.39 Å². The molecule has 2 unspecified atom stereocenters. The second kappa shape index (κ2) is 3.72. The van der Waals surface area contributed by atoms with Crippen LogP contribution in [0.2, 0.25) is 0 Å². The van der Waals surface area contributed by atoms with Gasteiger partial charge in [-0.15, -0.1) is 12.4 Å². The molecule has 2 bridgehead atoms. The Labute approximate surface area is 73.2 Å². The van der Waals surface area contributed by atoms with Gasteiger partial charge in [0.15, 0.2) is 0 Å². The number of rotatable bonds is 0. The molecule has 0 amide bonds. The number of hydrogen-bond acceptors (Lipinski definition) is 1. The van der Waals surface area contributed by atoms with Crippen molar-refractivity contribution in [1.82, 2.24) is 5.32 Å². The Hall–Kier alpha value is 0.180. The van der Waals surface area contributed by atoms with E-state index in [1.54, 1.807) is 0 Å². The molecular formula is C8H15ClFN. The fraction of sp³-hybridized carbons (Fsp3) is 1.00. The highest BCUT2D eigenvalue weighted by atomic mass is 35.5. The van der Waals surface area contributed by atoms with Crippen molar-refractivity contribution in [3.05, 3.63) is 0 Å². The zero-order valence-corrected chi connectivity index (χ0v) is 7.37. The van der Waals surface area contributed by atoms with Crippen LogP contribution in [0.3, 0.4) is 0 Å². The zero-order chi connectivity index (χ0) is 6.97. The van der Waals surface area contributed by atoms with Crippen LogP contribution >= 0.6 is 12.4 Å². The normalized spacial score (nSPS) is 42.8. The van der Waals surface area contributed by atoms with Crippen LogP contribution in [0, 0.1) is 11.8 Å². The first-order valence-corrected chi connectivity index (χ1v) is 4.22. The van der Waals surface area contributed by atoms with Crippen molar-refractivity contribution in [1.29, 1.82) is 0 Å². The maximum absolute atomic E-state index is 13.3.